The van der Waals surface area contributed by atoms with Crippen LogP contribution < -0.4 is 10.7 Å². The summed E-state index contributed by atoms with van der Waals surface area (Å²) in [5.74, 6) is 0.232. The van der Waals surface area contributed by atoms with Gasteiger partial charge in [-0.15, -0.1) is 0 Å². The lowest BCUT2D eigenvalue weighted by Crippen LogP contribution is -2.40. The van der Waals surface area contributed by atoms with Gasteiger partial charge < -0.3 is 10.3 Å². The number of pyridine rings is 1. The Bertz CT molecular complexity index is 507. The second kappa shape index (κ2) is 6.04. The normalized spacial score (nSPS) is 23.7. The molecule has 1 aromatic rings. The zero-order valence-electron chi connectivity index (χ0n) is 11.7. The summed E-state index contributed by atoms with van der Waals surface area (Å²) in [5, 5.41) is 3.03. The SMILES string of the molecule is Cc1cc(=O)c(C(=O)NC2CCCCCC2C)c[nH]1. The molecule has 19 heavy (non-hydrogen) atoms. The van der Waals surface area contributed by atoms with E-state index in [1.807, 2.05) is 0 Å². The molecule has 2 rings (SSSR count). The van der Waals surface area contributed by atoms with E-state index in [-0.39, 0.29) is 22.9 Å². The van der Waals surface area contributed by atoms with Gasteiger partial charge in [-0.3, -0.25) is 9.59 Å². The van der Waals surface area contributed by atoms with E-state index in [1.165, 1.54) is 25.1 Å². The van der Waals surface area contributed by atoms with Gasteiger partial charge in [0.05, 0.1) is 0 Å². The number of aromatic amines is 1. The van der Waals surface area contributed by atoms with Gasteiger partial charge in [-0.25, -0.2) is 0 Å². The molecule has 1 heterocycles. The van der Waals surface area contributed by atoms with Crippen LogP contribution in [-0.4, -0.2) is 16.9 Å². The molecule has 1 aliphatic carbocycles. The largest absolute Gasteiger partial charge is 0.364 e. The van der Waals surface area contributed by atoms with Crippen molar-refractivity contribution in [1.82, 2.24) is 10.3 Å². The van der Waals surface area contributed by atoms with Crippen molar-refractivity contribution in [2.24, 2.45) is 5.92 Å². The lowest BCUT2D eigenvalue weighted by molar-refractivity contribution is 0.0920. The van der Waals surface area contributed by atoms with Crippen LogP contribution >= 0.6 is 0 Å². The quantitative estimate of drug-likeness (QED) is 0.804. The maximum Gasteiger partial charge on any atom is 0.256 e. The number of rotatable bonds is 2. The van der Waals surface area contributed by atoms with Crippen LogP contribution in [0.25, 0.3) is 0 Å². The van der Waals surface area contributed by atoms with Crippen molar-refractivity contribution in [1.29, 1.82) is 0 Å². The minimum Gasteiger partial charge on any atom is -0.364 e. The molecular weight excluding hydrogens is 240 g/mol. The average Bonchev–Trinajstić information content (AvgIpc) is 2.55. The lowest BCUT2D eigenvalue weighted by atomic mass is 9.96. The van der Waals surface area contributed by atoms with Gasteiger partial charge in [0.15, 0.2) is 5.43 Å². The minimum absolute atomic E-state index is 0.190. The molecule has 0 saturated heterocycles. The fourth-order valence-corrected chi connectivity index (χ4v) is 2.70. The number of nitrogens with one attached hydrogen (secondary N) is 2. The lowest BCUT2D eigenvalue weighted by Gasteiger charge is -2.22. The summed E-state index contributed by atoms with van der Waals surface area (Å²) in [5.41, 5.74) is 0.765. The van der Waals surface area contributed by atoms with Crippen LogP contribution in [0.2, 0.25) is 0 Å². The van der Waals surface area contributed by atoms with E-state index >= 15 is 0 Å². The third-order valence-corrected chi connectivity index (χ3v) is 3.98. The number of hydrogen-bond acceptors (Lipinski definition) is 2. The van der Waals surface area contributed by atoms with E-state index < -0.39 is 0 Å². The first-order valence-corrected chi connectivity index (χ1v) is 7.08. The third-order valence-electron chi connectivity index (χ3n) is 3.98. The van der Waals surface area contributed by atoms with Crippen LogP contribution in [0.3, 0.4) is 0 Å². The van der Waals surface area contributed by atoms with Crippen molar-refractivity contribution in [3.8, 4) is 0 Å². The molecular formula is C15H22N2O2. The van der Waals surface area contributed by atoms with Crippen LogP contribution in [-0.2, 0) is 0 Å². The van der Waals surface area contributed by atoms with E-state index in [9.17, 15) is 9.59 Å². The maximum absolute atomic E-state index is 12.2. The molecule has 104 valence electrons. The van der Waals surface area contributed by atoms with Crippen molar-refractivity contribution in [3.05, 3.63) is 33.7 Å². The summed E-state index contributed by atoms with van der Waals surface area (Å²) >= 11 is 0. The fourth-order valence-electron chi connectivity index (χ4n) is 2.70. The summed E-state index contributed by atoms with van der Waals surface area (Å²) in [6, 6.07) is 1.65. The summed E-state index contributed by atoms with van der Waals surface area (Å²) < 4.78 is 0. The van der Waals surface area contributed by atoms with E-state index in [2.05, 4.69) is 17.2 Å². The molecule has 4 heteroatoms. The first-order chi connectivity index (χ1) is 9.08. The fraction of sp³-hybridized carbons (Fsp3) is 0.600. The monoisotopic (exact) mass is 262 g/mol. The molecule has 2 N–H and O–H groups in total. The number of H-pyrrole nitrogens is 1. The molecule has 0 bridgehead atoms. The molecule has 1 aliphatic rings. The van der Waals surface area contributed by atoms with Crippen molar-refractivity contribution in [2.75, 3.05) is 0 Å². The van der Waals surface area contributed by atoms with Crippen LogP contribution in [0, 0.1) is 12.8 Å². The summed E-state index contributed by atoms with van der Waals surface area (Å²) in [6.45, 7) is 3.98. The average molecular weight is 262 g/mol. The van der Waals surface area contributed by atoms with E-state index in [0.29, 0.717) is 5.92 Å². The van der Waals surface area contributed by atoms with Crippen LogP contribution in [0.15, 0.2) is 17.1 Å². The first-order valence-electron chi connectivity index (χ1n) is 7.08. The Morgan fingerprint density at radius 3 is 2.79 bits per heavy atom. The van der Waals surface area contributed by atoms with Crippen LogP contribution in [0.1, 0.15) is 55.1 Å². The van der Waals surface area contributed by atoms with Gasteiger partial charge in [0.1, 0.15) is 5.56 Å². The van der Waals surface area contributed by atoms with Crippen LogP contribution in [0.4, 0.5) is 0 Å². The van der Waals surface area contributed by atoms with Crippen molar-refractivity contribution in [3.63, 3.8) is 0 Å². The molecule has 0 radical (unpaired) electrons. The van der Waals surface area contributed by atoms with Gasteiger partial charge in [0.2, 0.25) is 0 Å². The molecule has 0 spiro atoms. The Morgan fingerprint density at radius 2 is 2.05 bits per heavy atom. The maximum atomic E-state index is 12.2. The zero-order valence-corrected chi connectivity index (χ0v) is 11.7. The van der Waals surface area contributed by atoms with E-state index in [4.69, 9.17) is 0 Å². The Morgan fingerprint density at radius 1 is 1.32 bits per heavy atom. The van der Waals surface area contributed by atoms with E-state index in [1.54, 1.807) is 6.92 Å². The number of aromatic nitrogens is 1. The second-order valence-corrected chi connectivity index (χ2v) is 5.59. The number of hydrogen-bond donors (Lipinski definition) is 2. The molecule has 0 aliphatic heterocycles. The molecule has 0 aromatic carbocycles. The van der Waals surface area contributed by atoms with Gasteiger partial charge in [0.25, 0.3) is 5.91 Å². The van der Waals surface area contributed by atoms with Gasteiger partial charge in [-0.2, -0.15) is 0 Å². The minimum atomic E-state index is -0.250. The highest BCUT2D eigenvalue weighted by Gasteiger charge is 2.22. The van der Waals surface area contributed by atoms with Crippen LogP contribution in [0.5, 0.6) is 0 Å². The predicted octanol–water partition coefficient (Wildman–Crippen LogP) is 2.38. The zero-order chi connectivity index (χ0) is 13.8. The topological polar surface area (TPSA) is 62.0 Å². The van der Waals surface area contributed by atoms with Crippen molar-refractivity contribution < 1.29 is 4.79 Å². The van der Waals surface area contributed by atoms with Gasteiger partial charge >= 0.3 is 0 Å². The molecule has 4 nitrogen and oxygen atoms in total. The summed E-state index contributed by atoms with van der Waals surface area (Å²) in [4.78, 5) is 26.9. The highest BCUT2D eigenvalue weighted by atomic mass is 16.2. The predicted molar refractivity (Wildman–Crippen MR) is 75.3 cm³/mol. The van der Waals surface area contributed by atoms with Crippen molar-refractivity contribution >= 4 is 5.91 Å². The molecule has 1 saturated carbocycles. The Hall–Kier alpha value is -1.58. The smallest absolute Gasteiger partial charge is 0.256 e. The van der Waals surface area contributed by atoms with Gasteiger partial charge in [-0.05, 0) is 25.7 Å². The highest BCUT2D eigenvalue weighted by molar-refractivity contribution is 5.94. The van der Waals surface area contributed by atoms with Gasteiger partial charge in [-0.1, -0.05) is 26.2 Å². The standard InChI is InChI=1S/C15H22N2O2/c1-10-6-4-3-5-7-13(10)17-15(19)12-9-16-11(2)8-14(12)18/h8-10,13H,3-7H2,1-2H3,(H,16,18)(H,17,19). The molecule has 1 fully saturated rings. The summed E-state index contributed by atoms with van der Waals surface area (Å²) in [6.07, 6.45) is 7.29. The Labute approximate surface area is 113 Å². The number of amides is 1. The highest BCUT2D eigenvalue weighted by Crippen LogP contribution is 2.23. The first kappa shape index (κ1) is 13.8. The Kier molecular flexibility index (Phi) is 4.40. The number of carbonyl (C=O) groups is 1. The van der Waals surface area contributed by atoms with Crippen molar-refractivity contribution in [2.45, 2.75) is 52.0 Å². The van der Waals surface area contributed by atoms with E-state index in [0.717, 1.165) is 25.0 Å². The Balaban J connectivity index is 2.09. The second-order valence-electron chi connectivity index (χ2n) is 5.59. The molecule has 2 atom stereocenters. The number of aryl methyl sites for hydroxylation is 1. The molecule has 1 aromatic heterocycles. The van der Waals surface area contributed by atoms with Gasteiger partial charge in [0, 0.05) is 24.0 Å². The molecule has 2 unspecified atom stereocenters. The number of carbonyl (C=O) groups excluding carboxylic acids is 1. The molecule has 1 amide bonds. The summed E-state index contributed by atoms with van der Waals surface area (Å²) in [7, 11) is 0. The third kappa shape index (κ3) is 3.46.